The second kappa shape index (κ2) is 8.92. The third kappa shape index (κ3) is 5.71. The van der Waals surface area contributed by atoms with Gasteiger partial charge in [0.15, 0.2) is 0 Å². The molecule has 128 valence electrons. The van der Waals surface area contributed by atoms with E-state index >= 15 is 0 Å². The van der Waals surface area contributed by atoms with E-state index in [9.17, 15) is 9.90 Å². The number of benzene rings is 2. The van der Waals surface area contributed by atoms with Crippen LogP contribution >= 0.6 is 23.2 Å². The molecule has 0 fully saturated rings. The van der Waals surface area contributed by atoms with E-state index in [1.807, 2.05) is 6.07 Å². The zero-order valence-corrected chi connectivity index (χ0v) is 14.8. The van der Waals surface area contributed by atoms with Crippen LogP contribution in [-0.2, 0) is 4.79 Å². The van der Waals surface area contributed by atoms with Crippen molar-refractivity contribution in [2.75, 3.05) is 11.9 Å². The van der Waals surface area contributed by atoms with Crippen molar-refractivity contribution in [3.8, 4) is 5.75 Å². The Bertz CT molecular complexity index is 704. The molecule has 0 aliphatic rings. The number of aliphatic hydroxyl groups is 1. The summed E-state index contributed by atoms with van der Waals surface area (Å²) >= 11 is 11.8. The molecule has 24 heavy (non-hydrogen) atoms. The summed E-state index contributed by atoms with van der Waals surface area (Å²) in [5.41, 5.74) is 1.42. The van der Waals surface area contributed by atoms with Gasteiger partial charge in [-0.05, 0) is 49.2 Å². The second-order valence-corrected chi connectivity index (χ2v) is 6.22. The number of aliphatic hydroxyl groups excluding tert-OH is 1. The van der Waals surface area contributed by atoms with Gasteiger partial charge < -0.3 is 15.2 Å². The number of hydrogen-bond acceptors (Lipinski definition) is 3. The van der Waals surface area contributed by atoms with Crippen LogP contribution in [-0.4, -0.2) is 17.6 Å². The van der Waals surface area contributed by atoms with Crippen LogP contribution < -0.4 is 10.1 Å². The minimum absolute atomic E-state index is 0.108. The first-order valence-electron chi connectivity index (χ1n) is 7.61. The van der Waals surface area contributed by atoms with E-state index in [0.717, 1.165) is 5.56 Å². The van der Waals surface area contributed by atoms with E-state index in [4.69, 9.17) is 27.9 Å². The number of carbonyl (C=O) groups is 1. The fraction of sp³-hybridized carbons (Fsp3) is 0.278. The number of hydrogen-bond donors (Lipinski definition) is 2. The molecule has 0 saturated heterocycles. The van der Waals surface area contributed by atoms with Gasteiger partial charge >= 0.3 is 0 Å². The van der Waals surface area contributed by atoms with Gasteiger partial charge in [-0.2, -0.15) is 0 Å². The van der Waals surface area contributed by atoms with Crippen molar-refractivity contribution in [1.82, 2.24) is 0 Å². The number of rotatable bonds is 7. The maximum Gasteiger partial charge on any atom is 0.224 e. The topological polar surface area (TPSA) is 58.6 Å². The molecule has 0 spiro atoms. The summed E-state index contributed by atoms with van der Waals surface area (Å²) in [6.07, 6.45) is 0.310. The third-order valence-corrected chi connectivity index (χ3v) is 3.88. The molecule has 2 aromatic rings. The summed E-state index contributed by atoms with van der Waals surface area (Å²) in [5.74, 6) is 0.439. The van der Waals surface area contributed by atoms with Gasteiger partial charge in [-0.1, -0.05) is 35.3 Å². The zero-order valence-electron chi connectivity index (χ0n) is 13.3. The highest BCUT2D eigenvalue weighted by Gasteiger charge is 2.06. The van der Waals surface area contributed by atoms with Gasteiger partial charge in [0.1, 0.15) is 5.75 Å². The van der Waals surface area contributed by atoms with E-state index in [1.54, 1.807) is 43.3 Å². The average Bonchev–Trinajstić information content (AvgIpc) is 2.53. The van der Waals surface area contributed by atoms with Crippen LogP contribution in [0.3, 0.4) is 0 Å². The maximum atomic E-state index is 11.9. The van der Waals surface area contributed by atoms with Crippen molar-refractivity contribution in [3.05, 3.63) is 58.1 Å². The summed E-state index contributed by atoms with van der Waals surface area (Å²) in [7, 11) is 0. The molecule has 4 nitrogen and oxygen atoms in total. The second-order valence-electron chi connectivity index (χ2n) is 5.38. The molecular formula is C18H19Cl2NO3. The Balaban J connectivity index is 1.76. The van der Waals surface area contributed by atoms with Crippen molar-refractivity contribution >= 4 is 34.8 Å². The normalized spacial score (nSPS) is 11.8. The minimum Gasteiger partial charge on any atom is -0.492 e. The molecule has 0 unspecified atom stereocenters. The van der Waals surface area contributed by atoms with E-state index in [-0.39, 0.29) is 5.91 Å². The smallest absolute Gasteiger partial charge is 0.224 e. The molecule has 6 heteroatoms. The molecule has 0 heterocycles. The first-order valence-corrected chi connectivity index (χ1v) is 8.37. The van der Waals surface area contributed by atoms with Gasteiger partial charge in [0.25, 0.3) is 0 Å². The lowest BCUT2D eigenvalue weighted by Gasteiger charge is -2.10. The number of anilines is 1. The quantitative estimate of drug-likeness (QED) is 0.688. The lowest BCUT2D eigenvalue weighted by atomic mass is 10.1. The van der Waals surface area contributed by atoms with Gasteiger partial charge in [-0.3, -0.25) is 4.79 Å². The summed E-state index contributed by atoms with van der Waals surface area (Å²) < 4.78 is 5.54. The van der Waals surface area contributed by atoms with Gasteiger partial charge in [-0.15, -0.1) is 0 Å². The highest BCUT2D eigenvalue weighted by molar-refractivity contribution is 6.35. The van der Waals surface area contributed by atoms with Crippen LogP contribution in [0.4, 0.5) is 5.69 Å². The Morgan fingerprint density at radius 1 is 1.25 bits per heavy atom. The molecule has 0 aromatic heterocycles. The molecule has 2 rings (SSSR count). The van der Waals surface area contributed by atoms with E-state index in [2.05, 4.69) is 5.32 Å². The summed E-state index contributed by atoms with van der Waals surface area (Å²) in [5, 5.41) is 13.4. The van der Waals surface area contributed by atoms with E-state index in [1.165, 1.54) is 0 Å². The van der Waals surface area contributed by atoms with E-state index in [0.29, 0.717) is 40.9 Å². The SMILES string of the molecule is C[C@@H](O)c1cccc(NC(=O)CCCOc2ccc(Cl)cc2Cl)c1. The Morgan fingerprint density at radius 2 is 2.04 bits per heavy atom. The lowest BCUT2D eigenvalue weighted by Crippen LogP contribution is -2.13. The zero-order chi connectivity index (χ0) is 17.5. The number of carbonyl (C=O) groups excluding carboxylic acids is 1. The molecule has 0 saturated carbocycles. The largest absolute Gasteiger partial charge is 0.492 e. The fourth-order valence-corrected chi connectivity index (χ4v) is 2.57. The predicted molar refractivity (Wildman–Crippen MR) is 96.9 cm³/mol. The standard InChI is InChI=1S/C18H19Cl2NO3/c1-12(22)13-4-2-5-15(10-13)21-18(23)6-3-9-24-17-8-7-14(19)11-16(17)20/h2,4-5,7-8,10-12,22H,3,6,9H2,1H3,(H,21,23)/t12-/m1/s1. The monoisotopic (exact) mass is 367 g/mol. The van der Waals surface area contributed by atoms with Gasteiger partial charge in [-0.25, -0.2) is 0 Å². The highest BCUT2D eigenvalue weighted by Crippen LogP contribution is 2.27. The molecule has 1 atom stereocenters. The molecular weight excluding hydrogens is 349 g/mol. The molecule has 2 N–H and O–H groups in total. The van der Waals surface area contributed by atoms with Crippen LogP contribution in [0.25, 0.3) is 0 Å². The summed E-state index contributed by atoms with van der Waals surface area (Å²) in [6.45, 7) is 2.06. The maximum absolute atomic E-state index is 11.9. The Kier molecular flexibility index (Phi) is 6.91. The first kappa shape index (κ1) is 18.6. The molecule has 0 aliphatic carbocycles. The van der Waals surface area contributed by atoms with E-state index < -0.39 is 6.10 Å². The first-order chi connectivity index (χ1) is 11.5. The van der Waals surface area contributed by atoms with Crippen LogP contribution in [0.15, 0.2) is 42.5 Å². The molecule has 1 amide bonds. The Morgan fingerprint density at radius 3 is 2.75 bits per heavy atom. The summed E-state index contributed by atoms with van der Waals surface area (Å²) in [6, 6.07) is 12.2. The number of ether oxygens (including phenoxy) is 1. The van der Waals surface area contributed by atoms with Gasteiger partial charge in [0.2, 0.25) is 5.91 Å². The predicted octanol–water partition coefficient (Wildman–Crippen LogP) is 4.84. The van der Waals surface area contributed by atoms with Gasteiger partial charge in [0, 0.05) is 17.1 Å². The van der Waals surface area contributed by atoms with Crippen LogP contribution in [0.5, 0.6) is 5.75 Å². The van der Waals surface area contributed by atoms with Crippen LogP contribution in [0, 0.1) is 0 Å². The Labute approximate surface area is 151 Å². The van der Waals surface area contributed by atoms with Crippen molar-refractivity contribution in [1.29, 1.82) is 0 Å². The number of nitrogens with one attached hydrogen (secondary N) is 1. The van der Waals surface area contributed by atoms with Gasteiger partial charge in [0.05, 0.1) is 17.7 Å². The highest BCUT2D eigenvalue weighted by atomic mass is 35.5. The van der Waals surface area contributed by atoms with Crippen molar-refractivity contribution < 1.29 is 14.6 Å². The molecule has 2 aromatic carbocycles. The number of halogens is 2. The van der Waals surface area contributed by atoms with Crippen LogP contribution in [0.1, 0.15) is 31.4 Å². The Hall–Kier alpha value is -1.75. The fourth-order valence-electron chi connectivity index (χ4n) is 2.11. The average molecular weight is 368 g/mol. The summed E-state index contributed by atoms with van der Waals surface area (Å²) in [4.78, 5) is 11.9. The van der Waals surface area contributed by atoms with Crippen molar-refractivity contribution in [2.45, 2.75) is 25.9 Å². The molecule has 0 bridgehead atoms. The van der Waals surface area contributed by atoms with Crippen LogP contribution in [0.2, 0.25) is 10.0 Å². The molecule has 0 radical (unpaired) electrons. The third-order valence-electron chi connectivity index (χ3n) is 3.35. The number of amides is 1. The van der Waals surface area contributed by atoms with Crippen molar-refractivity contribution in [3.63, 3.8) is 0 Å². The minimum atomic E-state index is -0.570. The lowest BCUT2D eigenvalue weighted by molar-refractivity contribution is -0.116. The van der Waals surface area contributed by atoms with Crippen molar-refractivity contribution in [2.24, 2.45) is 0 Å². The molecule has 0 aliphatic heterocycles.